The van der Waals surface area contributed by atoms with Crippen LogP contribution in [-0.4, -0.2) is 59.1 Å². The van der Waals surface area contributed by atoms with Gasteiger partial charge in [0.15, 0.2) is 0 Å². The maximum Gasteiger partial charge on any atom is 0.127 e. The normalized spacial score (nSPS) is 13.3. The van der Waals surface area contributed by atoms with Crippen LogP contribution in [0.25, 0.3) is 11.1 Å². The quantitative estimate of drug-likeness (QED) is 0.539. The van der Waals surface area contributed by atoms with E-state index in [4.69, 9.17) is 19.7 Å². The van der Waals surface area contributed by atoms with Crippen molar-refractivity contribution in [2.24, 2.45) is 0 Å². The van der Waals surface area contributed by atoms with Gasteiger partial charge in [-0.25, -0.2) is 0 Å². The van der Waals surface area contributed by atoms with E-state index >= 15 is 0 Å². The van der Waals surface area contributed by atoms with E-state index in [2.05, 4.69) is 0 Å². The average molecular weight is 362 g/mol. The van der Waals surface area contributed by atoms with Crippen molar-refractivity contribution in [3.05, 3.63) is 47.5 Å². The minimum absolute atomic E-state index is 0.00104. The standard InChI is InChI=1S/C20H26O6/c1-13-3-6-18(20(7-13)26-12-16(24)10-22)19-8-17(5-4-14(19)2)25-11-15(23)9-21/h3-8,15-16,21-24H,9-12H2,1-2H3. The molecule has 0 saturated heterocycles. The van der Waals surface area contributed by atoms with Crippen LogP contribution >= 0.6 is 0 Å². The van der Waals surface area contributed by atoms with E-state index in [0.29, 0.717) is 11.5 Å². The zero-order chi connectivity index (χ0) is 19.1. The summed E-state index contributed by atoms with van der Waals surface area (Å²) < 4.78 is 11.2. The van der Waals surface area contributed by atoms with Gasteiger partial charge in [0.2, 0.25) is 0 Å². The number of ether oxygens (including phenoxy) is 2. The Morgan fingerprint density at radius 1 is 0.808 bits per heavy atom. The number of rotatable bonds is 9. The Labute approximate surface area is 153 Å². The van der Waals surface area contributed by atoms with Gasteiger partial charge in [0.25, 0.3) is 0 Å². The lowest BCUT2D eigenvalue weighted by molar-refractivity contribution is 0.0535. The Bertz CT molecular complexity index is 715. The maximum atomic E-state index is 9.55. The molecule has 6 nitrogen and oxygen atoms in total. The van der Waals surface area contributed by atoms with Gasteiger partial charge in [0.05, 0.1) is 13.2 Å². The molecule has 2 unspecified atom stereocenters. The van der Waals surface area contributed by atoms with Crippen LogP contribution < -0.4 is 9.47 Å². The van der Waals surface area contributed by atoms with Gasteiger partial charge in [-0.1, -0.05) is 18.2 Å². The Balaban J connectivity index is 2.31. The summed E-state index contributed by atoms with van der Waals surface area (Å²) >= 11 is 0. The lowest BCUT2D eigenvalue weighted by Gasteiger charge is -2.17. The molecule has 0 aliphatic carbocycles. The number of hydrogen-bond acceptors (Lipinski definition) is 6. The molecule has 0 aliphatic heterocycles. The van der Waals surface area contributed by atoms with E-state index in [0.717, 1.165) is 22.3 Å². The van der Waals surface area contributed by atoms with Crippen molar-refractivity contribution < 1.29 is 29.9 Å². The van der Waals surface area contributed by atoms with Gasteiger partial charge in [-0.15, -0.1) is 0 Å². The summed E-state index contributed by atoms with van der Waals surface area (Å²) in [7, 11) is 0. The van der Waals surface area contributed by atoms with Crippen LogP contribution in [0, 0.1) is 13.8 Å². The number of aliphatic hydroxyl groups is 4. The first-order valence-corrected chi connectivity index (χ1v) is 8.49. The molecular weight excluding hydrogens is 336 g/mol. The fourth-order valence-electron chi connectivity index (χ4n) is 2.44. The third kappa shape index (κ3) is 5.44. The van der Waals surface area contributed by atoms with Gasteiger partial charge in [-0.05, 0) is 48.7 Å². The minimum Gasteiger partial charge on any atom is -0.491 e. The van der Waals surface area contributed by atoms with E-state index in [1.54, 1.807) is 6.07 Å². The molecule has 2 atom stereocenters. The van der Waals surface area contributed by atoms with Crippen LogP contribution in [0.5, 0.6) is 11.5 Å². The van der Waals surface area contributed by atoms with Crippen molar-refractivity contribution in [2.75, 3.05) is 26.4 Å². The summed E-state index contributed by atoms with van der Waals surface area (Å²) in [6, 6.07) is 11.3. The van der Waals surface area contributed by atoms with Crippen LogP contribution in [-0.2, 0) is 0 Å². The molecule has 0 heterocycles. The summed E-state index contributed by atoms with van der Waals surface area (Å²) in [4.78, 5) is 0. The van der Waals surface area contributed by atoms with Gasteiger partial charge < -0.3 is 29.9 Å². The Morgan fingerprint density at radius 2 is 1.46 bits per heavy atom. The van der Waals surface area contributed by atoms with Crippen molar-refractivity contribution in [1.82, 2.24) is 0 Å². The Hall–Kier alpha value is -2.12. The molecule has 0 fully saturated rings. The van der Waals surface area contributed by atoms with Crippen molar-refractivity contribution in [3.8, 4) is 22.6 Å². The van der Waals surface area contributed by atoms with Crippen molar-refractivity contribution in [2.45, 2.75) is 26.1 Å². The minimum atomic E-state index is -0.945. The van der Waals surface area contributed by atoms with Crippen molar-refractivity contribution >= 4 is 0 Å². The van der Waals surface area contributed by atoms with Crippen LogP contribution in [0.3, 0.4) is 0 Å². The maximum absolute atomic E-state index is 9.55. The van der Waals surface area contributed by atoms with Crippen LogP contribution in [0.1, 0.15) is 11.1 Å². The molecule has 142 valence electrons. The summed E-state index contributed by atoms with van der Waals surface area (Å²) in [5.74, 6) is 1.17. The second-order valence-corrected chi connectivity index (χ2v) is 6.27. The highest BCUT2D eigenvalue weighted by molar-refractivity contribution is 5.74. The molecule has 6 heteroatoms. The lowest BCUT2D eigenvalue weighted by Crippen LogP contribution is -2.21. The monoisotopic (exact) mass is 362 g/mol. The molecule has 0 radical (unpaired) electrons. The second-order valence-electron chi connectivity index (χ2n) is 6.27. The number of benzene rings is 2. The first-order chi connectivity index (χ1) is 12.4. The Morgan fingerprint density at radius 3 is 2.12 bits per heavy atom. The van der Waals surface area contributed by atoms with E-state index in [1.165, 1.54) is 0 Å². The molecule has 0 amide bonds. The number of hydrogen-bond donors (Lipinski definition) is 4. The first-order valence-electron chi connectivity index (χ1n) is 8.49. The summed E-state index contributed by atoms with van der Waals surface area (Å²) in [5.41, 5.74) is 3.76. The molecule has 2 aromatic carbocycles. The smallest absolute Gasteiger partial charge is 0.127 e. The third-order valence-electron chi connectivity index (χ3n) is 3.93. The zero-order valence-electron chi connectivity index (χ0n) is 15.1. The SMILES string of the molecule is Cc1ccc(-c2cc(OCC(O)CO)ccc2C)c(OCC(O)CO)c1. The Kier molecular flexibility index (Phi) is 7.41. The van der Waals surface area contributed by atoms with Gasteiger partial charge in [-0.3, -0.25) is 0 Å². The molecular formula is C20H26O6. The van der Waals surface area contributed by atoms with Gasteiger partial charge in [0.1, 0.15) is 36.9 Å². The summed E-state index contributed by atoms with van der Waals surface area (Å²) in [6.45, 7) is 3.18. The fraction of sp³-hybridized carbons (Fsp3) is 0.400. The summed E-state index contributed by atoms with van der Waals surface area (Å²) in [6.07, 6.45) is -1.88. The van der Waals surface area contributed by atoms with E-state index in [-0.39, 0.29) is 26.4 Å². The molecule has 0 saturated carbocycles. The number of aliphatic hydroxyl groups excluding tert-OH is 4. The van der Waals surface area contributed by atoms with Crippen LogP contribution in [0.2, 0.25) is 0 Å². The topological polar surface area (TPSA) is 99.4 Å². The largest absolute Gasteiger partial charge is 0.491 e. The molecule has 0 aliphatic rings. The second kappa shape index (κ2) is 9.54. The van der Waals surface area contributed by atoms with Gasteiger partial charge >= 0.3 is 0 Å². The lowest BCUT2D eigenvalue weighted by atomic mass is 9.98. The van der Waals surface area contributed by atoms with Gasteiger partial charge in [0, 0.05) is 5.56 Å². The highest BCUT2D eigenvalue weighted by Gasteiger charge is 2.13. The predicted octanol–water partition coefficient (Wildman–Crippen LogP) is 1.43. The van der Waals surface area contributed by atoms with Crippen molar-refractivity contribution in [1.29, 1.82) is 0 Å². The first kappa shape index (κ1) is 20.2. The molecule has 0 bridgehead atoms. The molecule has 2 aromatic rings. The predicted molar refractivity (Wildman–Crippen MR) is 98.5 cm³/mol. The highest BCUT2D eigenvalue weighted by Crippen LogP contribution is 2.35. The summed E-state index contributed by atoms with van der Waals surface area (Å²) in [5, 5.41) is 36.9. The zero-order valence-corrected chi connectivity index (χ0v) is 15.1. The van der Waals surface area contributed by atoms with Gasteiger partial charge in [-0.2, -0.15) is 0 Å². The average Bonchev–Trinajstić information content (AvgIpc) is 2.65. The molecule has 2 rings (SSSR count). The third-order valence-corrected chi connectivity index (χ3v) is 3.93. The van der Waals surface area contributed by atoms with Crippen LogP contribution in [0.4, 0.5) is 0 Å². The van der Waals surface area contributed by atoms with Crippen LogP contribution in [0.15, 0.2) is 36.4 Å². The van der Waals surface area contributed by atoms with Crippen molar-refractivity contribution in [3.63, 3.8) is 0 Å². The molecule has 4 N–H and O–H groups in total. The molecule has 0 spiro atoms. The molecule has 26 heavy (non-hydrogen) atoms. The highest BCUT2D eigenvalue weighted by atomic mass is 16.5. The molecule has 0 aromatic heterocycles. The van der Waals surface area contributed by atoms with E-state index < -0.39 is 12.2 Å². The van der Waals surface area contributed by atoms with E-state index in [9.17, 15) is 10.2 Å². The van der Waals surface area contributed by atoms with E-state index in [1.807, 2.05) is 44.2 Å². The fourth-order valence-corrected chi connectivity index (χ4v) is 2.44. The number of aryl methyl sites for hydroxylation is 2.